The third-order valence-corrected chi connectivity index (χ3v) is 2.87. The van der Waals surface area contributed by atoms with Gasteiger partial charge in [0, 0.05) is 12.1 Å². The van der Waals surface area contributed by atoms with Crippen molar-refractivity contribution < 1.29 is 5.11 Å². The van der Waals surface area contributed by atoms with Gasteiger partial charge in [0.05, 0.1) is 0 Å². The molecule has 2 heteroatoms. The number of nitrogens with one attached hydrogen (secondary N) is 1. The van der Waals surface area contributed by atoms with E-state index in [1.807, 2.05) is 0 Å². The van der Waals surface area contributed by atoms with Gasteiger partial charge >= 0.3 is 0 Å². The van der Waals surface area contributed by atoms with E-state index >= 15 is 0 Å². The van der Waals surface area contributed by atoms with Gasteiger partial charge in [-0.25, -0.2) is 0 Å². The highest BCUT2D eigenvalue weighted by atomic mass is 16.3. The van der Waals surface area contributed by atoms with Crippen LogP contribution < -0.4 is 5.32 Å². The molecule has 0 bridgehead atoms. The molecule has 90 valence electrons. The number of hydrogen-bond acceptors (Lipinski definition) is 2. The molecular formula is C14H23NO. The molecular weight excluding hydrogens is 198 g/mol. The Labute approximate surface area is 98.7 Å². The molecule has 16 heavy (non-hydrogen) atoms. The van der Waals surface area contributed by atoms with Crippen molar-refractivity contribution in [3.05, 3.63) is 35.4 Å². The topological polar surface area (TPSA) is 32.3 Å². The number of rotatable bonds is 6. The van der Waals surface area contributed by atoms with E-state index in [4.69, 9.17) is 5.11 Å². The fourth-order valence-corrected chi connectivity index (χ4v) is 1.67. The first-order chi connectivity index (χ1) is 7.53. The van der Waals surface area contributed by atoms with Crippen LogP contribution in [0.25, 0.3) is 0 Å². The van der Waals surface area contributed by atoms with Gasteiger partial charge in [-0.05, 0) is 45.7 Å². The number of aryl methyl sites for hydroxylation is 1. The molecule has 0 radical (unpaired) electrons. The van der Waals surface area contributed by atoms with Crippen molar-refractivity contribution in [1.82, 2.24) is 5.32 Å². The zero-order valence-electron chi connectivity index (χ0n) is 10.6. The van der Waals surface area contributed by atoms with Gasteiger partial charge in [-0.1, -0.05) is 29.8 Å². The van der Waals surface area contributed by atoms with Gasteiger partial charge in [-0.2, -0.15) is 0 Å². The Morgan fingerprint density at radius 2 is 1.81 bits per heavy atom. The van der Waals surface area contributed by atoms with Crippen LogP contribution >= 0.6 is 0 Å². The summed E-state index contributed by atoms with van der Waals surface area (Å²) in [5, 5.41) is 12.4. The van der Waals surface area contributed by atoms with Crippen molar-refractivity contribution in [2.45, 2.75) is 39.2 Å². The minimum Gasteiger partial charge on any atom is -0.396 e. The maximum Gasteiger partial charge on any atom is 0.0448 e. The first kappa shape index (κ1) is 13.2. The molecule has 2 N–H and O–H groups in total. The SMILES string of the molecule is Cc1ccc(CCNC(C)(C)CCO)cc1. The second kappa shape index (κ2) is 6.02. The highest BCUT2D eigenvalue weighted by molar-refractivity contribution is 5.21. The predicted molar refractivity (Wildman–Crippen MR) is 68.7 cm³/mol. The zero-order valence-corrected chi connectivity index (χ0v) is 10.6. The molecule has 0 saturated heterocycles. The van der Waals surface area contributed by atoms with Gasteiger partial charge in [0.1, 0.15) is 0 Å². The summed E-state index contributed by atoms with van der Waals surface area (Å²) in [5.41, 5.74) is 2.69. The molecule has 0 unspecified atom stereocenters. The van der Waals surface area contributed by atoms with E-state index < -0.39 is 0 Å². The molecule has 0 heterocycles. The van der Waals surface area contributed by atoms with Gasteiger partial charge in [0.25, 0.3) is 0 Å². The van der Waals surface area contributed by atoms with Gasteiger partial charge in [0.15, 0.2) is 0 Å². The van der Waals surface area contributed by atoms with E-state index in [0.29, 0.717) is 0 Å². The smallest absolute Gasteiger partial charge is 0.0448 e. The Morgan fingerprint density at radius 3 is 2.38 bits per heavy atom. The molecule has 0 aliphatic carbocycles. The first-order valence-electron chi connectivity index (χ1n) is 5.95. The van der Waals surface area contributed by atoms with Crippen molar-refractivity contribution in [2.75, 3.05) is 13.2 Å². The van der Waals surface area contributed by atoms with Gasteiger partial charge in [-0.15, -0.1) is 0 Å². The van der Waals surface area contributed by atoms with Crippen molar-refractivity contribution in [1.29, 1.82) is 0 Å². The summed E-state index contributed by atoms with van der Waals surface area (Å²) in [6.07, 6.45) is 1.83. The molecule has 0 aromatic heterocycles. The van der Waals surface area contributed by atoms with Crippen LogP contribution in [0.15, 0.2) is 24.3 Å². The Morgan fingerprint density at radius 1 is 1.19 bits per heavy atom. The molecule has 0 aliphatic rings. The first-order valence-corrected chi connectivity index (χ1v) is 5.95. The minimum atomic E-state index is 0.0272. The summed E-state index contributed by atoms with van der Waals surface area (Å²) in [7, 11) is 0. The highest BCUT2D eigenvalue weighted by Crippen LogP contribution is 2.08. The Balaban J connectivity index is 2.32. The largest absolute Gasteiger partial charge is 0.396 e. The van der Waals surface area contributed by atoms with Crippen LogP contribution in [0.1, 0.15) is 31.4 Å². The molecule has 0 saturated carbocycles. The summed E-state index contributed by atoms with van der Waals surface area (Å²) in [6.45, 7) is 7.55. The lowest BCUT2D eigenvalue weighted by Gasteiger charge is -2.25. The minimum absolute atomic E-state index is 0.0272. The number of hydrogen-bond donors (Lipinski definition) is 2. The van der Waals surface area contributed by atoms with Crippen molar-refractivity contribution in [3.8, 4) is 0 Å². The number of benzene rings is 1. The lowest BCUT2D eigenvalue weighted by Crippen LogP contribution is -2.41. The van der Waals surface area contributed by atoms with Crippen LogP contribution in [0.2, 0.25) is 0 Å². The highest BCUT2D eigenvalue weighted by Gasteiger charge is 2.14. The van der Waals surface area contributed by atoms with E-state index in [2.05, 4.69) is 50.4 Å². The van der Waals surface area contributed by atoms with Gasteiger partial charge in [-0.3, -0.25) is 0 Å². The molecule has 0 fully saturated rings. The van der Waals surface area contributed by atoms with E-state index in [1.165, 1.54) is 11.1 Å². The Kier molecular flexibility index (Phi) is 4.97. The second-order valence-corrected chi connectivity index (χ2v) is 5.02. The van der Waals surface area contributed by atoms with Gasteiger partial charge in [0.2, 0.25) is 0 Å². The van der Waals surface area contributed by atoms with E-state index in [0.717, 1.165) is 19.4 Å². The average molecular weight is 221 g/mol. The predicted octanol–water partition coefficient (Wildman–Crippen LogP) is 2.29. The molecule has 0 aliphatic heterocycles. The molecule has 0 atom stereocenters. The normalized spacial score (nSPS) is 11.8. The molecule has 0 spiro atoms. The van der Waals surface area contributed by atoms with E-state index in [-0.39, 0.29) is 12.1 Å². The van der Waals surface area contributed by atoms with Crippen LogP contribution in [0.5, 0.6) is 0 Å². The number of aliphatic hydroxyl groups excluding tert-OH is 1. The quantitative estimate of drug-likeness (QED) is 0.772. The zero-order chi connectivity index (χ0) is 12.0. The maximum atomic E-state index is 8.91. The fourth-order valence-electron chi connectivity index (χ4n) is 1.67. The third-order valence-electron chi connectivity index (χ3n) is 2.87. The molecule has 2 nitrogen and oxygen atoms in total. The maximum absolute atomic E-state index is 8.91. The monoisotopic (exact) mass is 221 g/mol. The lowest BCUT2D eigenvalue weighted by molar-refractivity contribution is 0.231. The molecule has 0 amide bonds. The van der Waals surface area contributed by atoms with E-state index in [9.17, 15) is 0 Å². The lowest BCUT2D eigenvalue weighted by atomic mass is 10.0. The standard InChI is InChI=1S/C14H23NO/c1-12-4-6-13(7-5-12)8-10-15-14(2,3)9-11-16/h4-7,15-16H,8-11H2,1-3H3. The summed E-state index contributed by atoms with van der Waals surface area (Å²) < 4.78 is 0. The summed E-state index contributed by atoms with van der Waals surface area (Å²) >= 11 is 0. The van der Waals surface area contributed by atoms with Crippen LogP contribution in [-0.4, -0.2) is 23.8 Å². The summed E-state index contributed by atoms with van der Waals surface area (Å²) in [5.74, 6) is 0. The molecule has 1 aromatic rings. The third kappa shape index (κ3) is 4.77. The van der Waals surface area contributed by atoms with Crippen molar-refractivity contribution in [3.63, 3.8) is 0 Å². The van der Waals surface area contributed by atoms with E-state index in [1.54, 1.807) is 0 Å². The average Bonchev–Trinajstić information content (AvgIpc) is 2.20. The number of aliphatic hydroxyl groups is 1. The molecule has 1 rings (SSSR count). The molecule has 1 aromatic carbocycles. The van der Waals surface area contributed by atoms with Crippen LogP contribution in [-0.2, 0) is 6.42 Å². The van der Waals surface area contributed by atoms with Crippen LogP contribution in [0.3, 0.4) is 0 Å². The van der Waals surface area contributed by atoms with Crippen molar-refractivity contribution in [2.24, 2.45) is 0 Å². The summed E-state index contributed by atoms with van der Waals surface area (Å²) in [4.78, 5) is 0. The van der Waals surface area contributed by atoms with Gasteiger partial charge < -0.3 is 10.4 Å². The second-order valence-electron chi connectivity index (χ2n) is 5.02. The van der Waals surface area contributed by atoms with Crippen LogP contribution in [0.4, 0.5) is 0 Å². The van der Waals surface area contributed by atoms with Crippen LogP contribution in [0, 0.1) is 6.92 Å². The Hall–Kier alpha value is -0.860. The fraction of sp³-hybridized carbons (Fsp3) is 0.571. The van der Waals surface area contributed by atoms with Crippen molar-refractivity contribution >= 4 is 0 Å². The Bertz CT molecular complexity index is 303. The summed E-state index contributed by atoms with van der Waals surface area (Å²) in [6, 6.07) is 8.65.